The van der Waals surface area contributed by atoms with E-state index in [1.807, 2.05) is 0 Å². The lowest BCUT2D eigenvalue weighted by Gasteiger charge is -2.22. The van der Waals surface area contributed by atoms with Crippen LogP contribution < -0.4 is 10.6 Å². The summed E-state index contributed by atoms with van der Waals surface area (Å²) >= 11 is 5.96. The summed E-state index contributed by atoms with van der Waals surface area (Å²) in [5.74, 6) is -0.464. The van der Waals surface area contributed by atoms with Gasteiger partial charge in [-0.3, -0.25) is 9.78 Å². The van der Waals surface area contributed by atoms with E-state index < -0.39 is 17.7 Å². The van der Waals surface area contributed by atoms with Gasteiger partial charge in [0.15, 0.2) is 5.65 Å². The predicted octanol–water partition coefficient (Wildman–Crippen LogP) is 2.86. The van der Waals surface area contributed by atoms with Crippen LogP contribution in [0.15, 0.2) is 30.9 Å². The number of nitrogens with zero attached hydrogens (tertiary/aromatic N) is 4. The van der Waals surface area contributed by atoms with Crippen molar-refractivity contribution in [3.63, 3.8) is 0 Å². The minimum Gasteiger partial charge on any atom is -0.387 e. The molecule has 1 saturated carbocycles. The summed E-state index contributed by atoms with van der Waals surface area (Å²) in [6, 6.07) is 2.06. The molecule has 3 N–H and O–H groups in total. The van der Waals surface area contributed by atoms with Gasteiger partial charge in [-0.05, 0) is 32.8 Å². The van der Waals surface area contributed by atoms with Crippen LogP contribution in [0.4, 0.5) is 10.1 Å². The number of rotatable bonds is 7. The van der Waals surface area contributed by atoms with Gasteiger partial charge in [-0.2, -0.15) is 5.10 Å². The summed E-state index contributed by atoms with van der Waals surface area (Å²) in [6.07, 6.45) is 6.70. The molecule has 0 radical (unpaired) electrons. The number of hydrogen-bond acceptors (Lipinski definition) is 6. The highest BCUT2D eigenvalue weighted by Gasteiger charge is 2.28. The molecule has 30 heavy (non-hydrogen) atoms. The maximum absolute atomic E-state index is 14.0. The number of anilines is 1. The van der Waals surface area contributed by atoms with Crippen molar-refractivity contribution >= 4 is 28.8 Å². The summed E-state index contributed by atoms with van der Waals surface area (Å²) in [6.45, 7) is 2.42. The van der Waals surface area contributed by atoms with Crippen LogP contribution in [0.1, 0.15) is 37.0 Å². The first-order valence-electron chi connectivity index (χ1n) is 9.63. The third kappa shape index (κ3) is 4.36. The number of amides is 1. The Morgan fingerprint density at radius 3 is 2.83 bits per heavy atom. The summed E-state index contributed by atoms with van der Waals surface area (Å²) in [4.78, 5) is 21.4. The molecule has 0 aliphatic heterocycles. The third-order valence-corrected chi connectivity index (χ3v) is 5.09. The molecule has 1 aliphatic rings. The number of alkyl halides is 1. The van der Waals surface area contributed by atoms with Crippen molar-refractivity contribution in [2.24, 2.45) is 0 Å². The summed E-state index contributed by atoms with van der Waals surface area (Å²) in [5, 5.41) is 20.3. The van der Waals surface area contributed by atoms with Crippen molar-refractivity contribution < 1.29 is 14.3 Å². The van der Waals surface area contributed by atoms with E-state index in [0.717, 1.165) is 12.8 Å². The lowest BCUT2D eigenvalue weighted by Crippen LogP contribution is -2.42. The average molecular weight is 433 g/mol. The number of aliphatic hydroxyl groups is 1. The fourth-order valence-electron chi connectivity index (χ4n) is 2.91. The van der Waals surface area contributed by atoms with E-state index in [9.17, 15) is 14.3 Å². The van der Waals surface area contributed by atoms with Crippen molar-refractivity contribution in [1.29, 1.82) is 0 Å². The number of hydrogen-bond donors (Lipinski definition) is 3. The van der Waals surface area contributed by atoms with Gasteiger partial charge in [0.25, 0.3) is 5.91 Å². The molecule has 10 heteroatoms. The van der Waals surface area contributed by atoms with E-state index in [4.69, 9.17) is 11.6 Å². The first-order valence-corrected chi connectivity index (χ1v) is 10.0. The molecule has 1 fully saturated rings. The Kier molecular flexibility index (Phi) is 5.33. The molecular formula is C20H22ClFN6O2. The fraction of sp³-hybridized carbons (Fsp3) is 0.400. The number of halogens is 2. The van der Waals surface area contributed by atoms with Crippen LogP contribution in [0.5, 0.6) is 0 Å². The van der Waals surface area contributed by atoms with Gasteiger partial charge in [-0.15, -0.1) is 0 Å². The van der Waals surface area contributed by atoms with Gasteiger partial charge >= 0.3 is 0 Å². The molecule has 0 spiro atoms. The van der Waals surface area contributed by atoms with Crippen molar-refractivity contribution in [3.05, 3.63) is 41.4 Å². The average Bonchev–Trinajstić information content (AvgIpc) is 3.41. The monoisotopic (exact) mass is 432 g/mol. The molecule has 1 amide bonds. The first-order chi connectivity index (χ1) is 14.2. The SMILES string of the molecule is CC(C)(O)C(F)CNC(=O)c1cnc(-c2cnn3cc(Cl)cnc23)cc1NC1CC1. The number of nitrogens with one attached hydrogen (secondary N) is 2. The molecule has 0 bridgehead atoms. The second-order valence-corrected chi connectivity index (χ2v) is 8.40. The van der Waals surface area contributed by atoms with Crippen molar-refractivity contribution in [2.75, 3.05) is 11.9 Å². The molecule has 8 nitrogen and oxygen atoms in total. The highest BCUT2D eigenvalue weighted by Crippen LogP contribution is 2.30. The third-order valence-electron chi connectivity index (χ3n) is 4.89. The molecule has 1 atom stereocenters. The largest absolute Gasteiger partial charge is 0.387 e. The van der Waals surface area contributed by atoms with Crippen LogP contribution in [-0.2, 0) is 0 Å². The van der Waals surface area contributed by atoms with Crippen LogP contribution in [0.25, 0.3) is 16.9 Å². The second-order valence-electron chi connectivity index (χ2n) is 7.96. The molecule has 0 aromatic carbocycles. The number of aromatic nitrogens is 4. The van der Waals surface area contributed by atoms with Crippen molar-refractivity contribution in [1.82, 2.24) is 24.9 Å². The van der Waals surface area contributed by atoms with Gasteiger partial charge in [0, 0.05) is 18.4 Å². The van der Waals surface area contributed by atoms with Gasteiger partial charge in [0.2, 0.25) is 0 Å². The second kappa shape index (κ2) is 7.81. The van der Waals surface area contributed by atoms with E-state index in [1.54, 1.807) is 23.0 Å². The van der Waals surface area contributed by atoms with Crippen molar-refractivity contribution in [2.45, 2.75) is 44.5 Å². The fourth-order valence-corrected chi connectivity index (χ4v) is 3.05. The quantitative estimate of drug-likeness (QED) is 0.530. The topological polar surface area (TPSA) is 104 Å². The van der Waals surface area contributed by atoms with Gasteiger partial charge < -0.3 is 15.7 Å². The Balaban J connectivity index is 1.62. The van der Waals surface area contributed by atoms with Crippen LogP contribution in [0.3, 0.4) is 0 Å². The smallest absolute Gasteiger partial charge is 0.255 e. The maximum Gasteiger partial charge on any atom is 0.255 e. The van der Waals surface area contributed by atoms with E-state index in [2.05, 4.69) is 25.7 Å². The molecule has 4 rings (SSSR count). The minimum absolute atomic E-state index is 0.290. The number of carbonyl (C=O) groups excluding carboxylic acids is 1. The number of carbonyl (C=O) groups is 1. The van der Waals surface area contributed by atoms with Gasteiger partial charge in [-0.1, -0.05) is 11.6 Å². The molecule has 0 saturated heterocycles. The predicted molar refractivity (Wildman–Crippen MR) is 111 cm³/mol. The highest BCUT2D eigenvalue weighted by molar-refractivity contribution is 6.30. The summed E-state index contributed by atoms with van der Waals surface area (Å²) in [5.41, 5.74) is 1.26. The minimum atomic E-state index is -1.59. The zero-order chi connectivity index (χ0) is 21.5. The van der Waals surface area contributed by atoms with Crippen LogP contribution in [0, 0.1) is 0 Å². The summed E-state index contributed by atoms with van der Waals surface area (Å²) < 4.78 is 15.6. The number of pyridine rings is 1. The standard InChI is InChI=1S/C20H22ClFN6O2/c1-20(2,30)17(22)9-25-19(29)14-7-23-15(5-16(14)27-12-3-4-12)13-8-26-28-10-11(21)6-24-18(13)28/h5-8,10,12,17,30H,3-4,9H2,1-2H3,(H,23,27)(H,25,29). The van der Waals surface area contributed by atoms with E-state index in [1.165, 1.54) is 26.2 Å². The molecule has 158 valence electrons. The molecular weight excluding hydrogens is 411 g/mol. The van der Waals surface area contributed by atoms with E-state index in [0.29, 0.717) is 33.2 Å². The van der Waals surface area contributed by atoms with Crippen molar-refractivity contribution in [3.8, 4) is 11.3 Å². The Morgan fingerprint density at radius 1 is 1.37 bits per heavy atom. The van der Waals surface area contributed by atoms with Crippen LogP contribution in [-0.4, -0.2) is 55.0 Å². The summed E-state index contributed by atoms with van der Waals surface area (Å²) in [7, 11) is 0. The Morgan fingerprint density at radius 2 is 2.13 bits per heavy atom. The zero-order valence-corrected chi connectivity index (χ0v) is 17.3. The van der Waals surface area contributed by atoms with Gasteiger partial charge in [-0.25, -0.2) is 13.9 Å². The highest BCUT2D eigenvalue weighted by atomic mass is 35.5. The van der Waals surface area contributed by atoms with Crippen LogP contribution in [0.2, 0.25) is 5.02 Å². The maximum atomic E-state index is 14.0. The molecule has 3 heterocycles. The molecule has 1 aliphatic carbocycles. The number of fused-ring (bicyclic) bond motifs is 1. The van der Waals surface area contributed by atoms with Crippen LogP contribution >= 0.6 is 11.6 Å². The molecule has 3 aromatic rings. The Hall–Kier alpha value is -2.78. The lowest BCUT2D eigenvalue weighted by molar-refractivity contribution is -0.00177. The van der Waals surface area contributed by atoms with E-state index in [-0.39, 0.29) is 12.6 Å². The molecule has 1 unspecified atom stereocenters. The zero-order valence-electron chi connectivity index (χ0n) is 16.6. The van der Waals surface area contributed by atoms with Gasteiger partial charge in [0.05, 0.1) is 52.1 Å². The Bertz CT molecular complexity index is 1090. The Labute approximate surface area is 177 Å². The van der Waals surface area contributed by atoms with Gasteiger partial charge in [0.1, 0.15) is 6.17 Å². The van der Waals surface area contributed by atoms with E-state index >= 15 is 0 Å². The molecule has 3 aromatic heterocycles. The first kappa shape index (κ1) is 20.5. The lowest BCUT2D eigenvalue weighted by atomic mass is 10.0. The normalized spacial score (nSPS) is 15.2.